The molecule has 0 aliphatic carbocycles. The van der Waals surface area contributed by atoms with Crippen LogP contribution in [0.3, 0.4) is 0 Å². The number of rotatable bonds is 3. The molecule has 3 heterocycles. The van der Waals surface area contributed by atoms with E-state index in [1.165, 1.54) is 24.3 Å². The van der Waals surface area contributed by atoms with Crippen molar-refractivity contribution in [3.8, 4) is 0 Å². The van der Waals surface area contributed by atoms with Crippen LogP contribution in [0, 0.1) is 5.92 Å². The molecule has 6 heteroatoms. The standard InChI is InChI=1S/C16H26N4OS/c1-19-6-2-4-13(15(19)14-5-3-11-22-14)12-18-16(17)20-7-9-21-10-8-20/h3,5,11,13,15H,2,4,6-10,12H2,1H3,(H2,17,18). The Morgan fingerprint density at radius 3 is 2.95 bits per heavy atom. The molecular formula is C16H26N4OS. The summed E-state index contributed by atoms with van der Waals surface area (Å²) in [5.74, 6) is 1.23. The van der Waals surface area contributed by atoms with Crippen LogP contribution in [0.2, 0.25) is 0 Å². The fraction of sp³-hybridized carbons (Fsp3) is 0.688. The van der Waals surface area contributed by atoms with Gasteiger partial charge in [-0.1, -0.05) is 6.07 Å². The molecule has 2 fully saturated rings. The summed E-state index contributed by atoms with van der Waals surface area (Å²) in [5.41, 5.74) is 6.17. The number of nitrogens with zero attached hydrogens (tertiary/aromatic N) is 3. The van der Waals surface area contributed by atoms with Crippen molar-refractivity contribution in [1.82, 2.24) is 9.80 Å². The molecule has 2 saturated heterocycles. The summed E-state index contributed by atoms with van der Waals surface area (Å²) in [6.45, 7) is 5.20. The van der Waals surface area contributed by atoms with Gasteiger partial charge in [-0.25, -0.2) is 0 Å². The van der Waals surface area contributed by atoms with Crippen molar-refractivity contribution in [2.24, 2.45) is 16.6 Å². The van der Waals surface area contributed by atoms with E-state index in [1.807, 2.05) is 11.3 Å². The van der Waals surface area contributed by atoms with Gasteiger partial charge in [-0.05, 0) is 43.8 Å². The van der Waals surface area contributed by atoms with E-state index in [2.05, 4.69) is 34.4 Å². The highest BCUT2D eigenvalue weighted by Crippen LogP contribution is 2.37. The predicted molar refractivity (Wildman–Crippen MR) is 91.3 cm³/mol. The van der Waals surface area contributed by atoms with Crippen molar-refractivity contribution in [2.75, 3.05) is 46.4 Å². The molecule has 2 atom stereocenters. The van der Waals surface area contributed by atoms with Crippen molar-refractivity contribution in [3.63, 3.8) is 0 Å². The van der Waals surface area contributed by atoms with Crippen molar-refractivity contribution in [1.29, 1.82) is 0 Å². The Hall–Kier alpha value is -1.11. The maximum absolute atomic E-state index is 6.17. The number of ether oxygens (including phenoxy) is 1. The van der Waals surface area contributed by atoms with Crippen molar-refractivity contribution < 1.29 is 4.74 Å². The lowest BCUT2D eigenvalue weighted by atomic mass is 9.88. The first-order chi connectivity index (χ1) is 10.8. The fourth-order valence-electron chi connectivity index (χ4n) is 3.46. The van der Waals surface area contributed by atoms with Gasteiger partial charge in [0, 0.05) is 30.6 Å². The van der Waals surface area contributed by atoms with Gasteiger partial charge in [0.2, 0.25) is 0 Å². The van der Waals surface area contributed by atoms with E-state index < -0.39 is 0 Å². The number of aliphatic imine (C=N–C) groups is 1. The Balaban J connectivity index is 1.66. The summed E-state index contributed by atoms with van der Waals surface area (Å²) in [5, 5.41) is 2.17. The monoisotopic (exact) mass is 322 g/mol. The van der Waals surface area contributed by atoms with E-state index in [4.69, 9.17) is 15.5 Å². The largest absolute Gasteiger partial charge is 0.378 e. The van der Waals surface area contributed by atoms with Crippen LogP contribution in [-0.2, 0) is 4.74 Å². The molecule has 3 rings (SSSR count). The Morgan fingerprint density at radius 2 is 2.23 bits per heavy atom. The summed E-state index contributed by atoms with van der Waals surface area (Å²) in [6.07, 6.45) is 2.48. The molecule has 1 aromatic heterocycles. The summed E-state index contributed by atoms with van der Waals surface area (Å²) in [4.78, 5) is 10.8. The number of hydrogen-bond donors (Lipinski definition) is 1. The van der Waals surface area contributed by atoms with Gasteiger partial charge >= 0.3 is 0 Å². The molecule has 1 aromatic rings. The number of piperidine rings is 1. The zero-order valence-corrected chi connectivity index (χ0v) is 14.1. The first kappa shape index (κ1) is 15.8. The van der Waals surface area contributed by atoms with Crippen LogP contribution >= 0.6 is 11.3 Å². The zero-order valence-electron chi connectivity index (χ0n) is 13.3. The molecule has 2 aliphatic rings. The molecule has 0 spiro atoms. The van der Waals surface area contributed by atoms with Crippen LogP contribution in [0.5, 0.6) is 0 Å². The third-order valence-corrected chi connectivity index (χ3v) is 5.61. The second kappa shape index (κ2) is 7.44. The van der Waals surface area contributed by atoms with Crippen LogP contribution < -0.4 is 5.73 Å². The molecule has 2 aliphatic heterocycles. The molecule has 0 radical (unpaired) electrons. The first-order valence-corrected chi connectivity index (χ1v) is 9.00. The molecule has 122 valence electrons. The molecular weight excluding hydrogens is 296 g/mol. The minimum absolute atomic E-state index is 0.481. The normalized spacial score (nSPS) is 28.0. The molecule has 0 aromatic carbocycles. The van der Waals surface area contributed by atoms with Gasteiger partial charge < -0.3 is 15.4 Å². The SMILES string of the molecule is CN1CCCC(CN=C(N)N2CCOCC2)C1c1cccs1. The number of guanidine groups is 1. The number of likely N-dealkylation sites (tertiary alicyclic amines) is 1. The molecule has 22 heavy (non-hydrogen) atoms. The summed E-state index contributed by atoms with van der Waals surface area (Å²) < 4.78 is 5.37. The van der Waals surface area contributed by atoms with Crippen LogP contribution in [0.4, 0.5) is 0 Å². The van der Waals surface area contributed by atoms with Gasteiger partial charge in [0.05, 0.1) is 13.2 Å². The highest BCUT2D eigenvalue weighted by molar-refractivity contribution is 7.10. The van der Waals surface area contributed by atoms with Gasteiger partial charge in [0.15, 0.2) is 5.96 Å². The van der Waals surface area contributed by atoms with Crippen LogP contribution in [0.1, 0.15) is 23.8 Å². The van der Waals surface area contributed by atoms with Gasteiger partial charge in [-0.3, -0.25) is 9.89 Å². The number of morpholine rings is 1. The minimum Gasteiger partial charge on any atom is -0.378 e. The van der Waals surface area contributed by atoms with Crippen molar-refractivity contribution in [3.05, 3.63) is 22.4 Å². The lowest BCUT2D eigenvalue weighted by Gasteiger charge is -2.38. The first-order valence-electron chi connectivity index (χ1n) is 8.12. The van der Waals surface area contributed by atoms with E-state index in [0.717, 1.165) is 32.8 Å². The number of thiophene rings is 1. The topological polar surface area (TPSA) is 54.1 Å². The average Bonchev–Trinajstić information content (AvgIpc) is 3.07. The summed E-state index contributed by atoms with van der Waals surface area (Å²) >= 11 is 1.85. The summed E-state index contributed by atoms with van der Waals surface area (Å²) in [6, 6.07) is 4.87. The highest BCUT2D eigenvalue weighted by atomic mass is 32.1. The number of nitrogens with two attached hydrogens (primary N) is 1. The van der Waals surface area contributed by atoms with Crippen molar-refractivity contribution in [2.45, 2.75) is 18.9 Å². The molecule has 5 nitrogen and oxygen atoms in total. The highest BCUT2D eigenvalue weighted by Gasteiger charge is 2.31. The predicted octanol–water partition coefficient (Wildman–Crippen LogP) is 1.78. The second-order valence-corrected chi connectivity index (χ2v) is 7.12. The Morgan fingerprint density at radius 1 is 1.41 bits per heavy atom. The maximum Gasteiger partial charge on any atom is 0.191 e. The lowest BCUT2D eigenvalue weighted by Crippen LogP contribution is -2.45. The summed E-state index contributed by atoms with van der Waals surface area (Å²) in [7, 11) is 2.23. The zero-order chi connectivity index (χ0) is 15.4. The van der Waals surface area contributed by atoms with E-state index in [0.29, 0.717) is 17.9 Å². The van der Waals surface area contributed by atoms with E-state index in [1.54, 1.807) is 0 Å². The third-order valence-electron chi connectivity index (χ3n) is 4.66. The molecule has 0 bridgehead atoms. The van der Waals surface area contributed by atoms with Gasteiger partial charge in [-0.15, -0.1) is 11.3 Å². The quantitative estimate of drug-likeness (QED) is 0.681. The molecule has 0 amide bonds. The second-order valence-electron chi connectivity index (χ2n) is 6.14. The van der Waals surface area contributed by atoms with E-state index in [-0.39, 0.29) is 0 Å². The Labute approximate surface area is 136 Å². The molecule has 0 saturated carbocycles. The number of hydrogen-bond acceptors (Lipinski definition) is 4. The van der Waals surface area contributed by atoms with Gasteiger partial charge in [0.25, 0.3) is 0 Å². The minimum atomic E-state index is 0.481. The average molecular weight is 322 g/mol. The molecule has 2 N–H and O–H groups in total. The van der Waals surface area contributed by atoms with Crippen molar-refractivity contribution >= 4 is 17.3 Å². The Bertz CT molecular complexity index is 484. The smallest absolute Gasteiger partial charge is 0.191 e. The third kappa shape index (κ3) is 3.62. The van der Waals surface area contributed by atoms with Crippen LogP contribution in [0.25, 0.3) is 0 Å². The maximum atomic E-state index is 6.17. The van der Waals surface area contributed by atoms with Gasteiger partial charge in [-0.2, -0.15) is 0 Å². The van der Waals surface area contributed by atoms with Gasteiger partial charge in [0.1, 0.15) is 0 Å². The van der Waals surface area contributed by atoms with Crippen LogP contribution in [-0.4, -0.2) is 62.2 Å². The fourth-order valence-corrected chi connectivity index (χ4v) is 4.45. The van der Waals surface area contributed by atoms with E-state index >= 15 is 0 Å². The lowest BCUT2D eigenvalue weighted by molar-refractivity contribution is 0.0672. The van der Waals surface area contributed by atoms with E-state index in [9.17, 15) is 0 Å². The Kier molecular flexibility index (Phi) is 5.33. The van der Waals surface area contributed by atoms with Crippen LogP contribution in [0.15, 0.2) is 22.5 Å². The molecule has 2 unspecified atom stereocenters.